The second-order valence-electron chi connectivity index (χ2n) is 3.46. The van der Waals surface area contributed by atoms with Gasteiger partial charge in [-0.2, -0.15) is 0 Å². The van der Waals surface area contributed by atoms with Crippen LogP contribution in [0.1, 0.15) is 10.4 Å². The van der Waals surface area contributed by atoms with Crippen molar-refractivity contribution in [3.05, 3.63) is 30.1 Å². The minimum Gasteiger partial charge on any atom is -0.496 e. The average Bonchev–Trinajstić information content (AvgIpc) is 3.09. The summed E-state index contributed by atoms with van der Waals surface area (Å²) in [5.74, 6) is -1.49. The number of carbonyl (C=O) groups is 2. The fourth-order valence-corrected chi connectivity index (χ4v) is 1.50. The van der Waals surface area contributed by atoms with Crippen LogP contribution in [0.3, 0.4) is 0 Å². The molecule has 9 heteroatoms. The van der Waals surface area contributed by atoms with Crippen LogP contribution in [0.25, 0.3) is 5.69 Å². The lowest BCUT2D eigenvalue weighted by Gasteiger charge is -2.08. The van der Waals surface area contributed by atoms with E-state index in [2.05, 4.69) is 42.9 Å². The third kappa shape index (κ3) is 3.97. The van der Waals surface area contributed by atoms with Crippen LogP contribution in [0, 0.1) is 0 Å². The molecule has 0 amide bonds. The minimum atomic E-state index is -0.966. The number of alkyl halides is 1. The van der Waals surface area contributed by atoms with Gasteiger partial charge in [0.05, 0.1) is 25.5 Å². The van der Waals surface area contributed by atoms with Crippen LogP contribution in [0.5, 0.6) is 5.75 Å². The molecule has 0 spiro atoms. The number of ether oxygens (including phenoxy) is 2. The summed E-state index contributed by atoms with van der Waals surface area (Å²) in [5.41, 5.74) is 0.611. The molecule has 112 valence electrons. The predicted molar refractivity (Wildman–Crippen MR) is 82.0 cm³/mol. The van der Waals surface area contributed by atoms with Crippen LogP contribution in [-0.4, -0.2) is 51.1 Å². The normalized spacial score (nSPS) is 9.33. The number of aromatic nitrogens is 4. The molecule has 2 rings (SSSR count). The molecule has 1 heterocycles. The summed E-state index contributed by atoms with van der Waals surface area (Å²) in [6, 6.07) is 4.66. The lowest BCUT2D eigenvalue weighted by Crippen LogP contribution is -2.17. The van der Waals surface area contributed by atoms with E-state index in [1.54, 1.807) is 12.1 Å². The van der Waals surface area contributed by atoms with Gasteiger partial charge < -0.3 is 9.47 Å². The van der Waals surface area contributed by atoms with Crippen LogP contribution in [0.4, 0.5) is 0 Å². The first kappa shape index (κ1) is 17.0. The second-order valence-corrected chi connectivity index (χ2v) is 3.46. The average molecular weight is 404 g/mol. The maximum absolute atomic E-state index is 11.9. The highest BCUT2D eigenvalue weighted by Crippen LogP contribution is 2.22. The second kappa shape index (κ2) is 8.29. The monoisotopic (exact) mass is 404 g/mol. The molecule has 0 fully saturated rings. The topological polar surface area (TPSA) is 96.2 Å². The van der Waals surface area contributed by atoms with Crippen molar-refractivity contribution >= 4 is 34.3 Å². The van der Waals surface area contributed by atoms with Crippen LogP contribution in [0.2, 0.25) is 0 Å². The zero-order chi connectivity index (χ0) is 15.8. The number of hydrogen-bond acceptors (Lipinski definition) is 7. The molecule has 0 aliphatic carbocycles. The fourth-order valence-electron chi connectivity index (χ4n) is 1.50. The molecule has 0 radical (unpaired) electrons. The third-order valence-electron chi connectivity index (χ3n) is 2.41. The Hall–Kier alpha value is -2.04. The highest BCUT2D eigenvalue weighted by Gasteiger charge is 2.21. The van der Waals surface area contributed by atoms with E-state index < -0.39 is 11.8 Å². The minimum absolute atomic E-state index is 0.0855. The molecule has 0 saturated heterocycles. The van der Waals surface area contributed by atoms with Crippen molar-refractivity contribution in [2.24, 2.45) is 0 Å². The summed E-state index contributed by atoms with van der Waals surface area (Å²) < 4.78 is 10.8. The van der Waals surface area contributed by atoms with Crippen molar-refractivity contribution in [1.82, 2.24) is 20.2 Å². The zero-order valence-electron chi connectivity index (χ0n) is 11.6. The Morgan fingerprint density at radius 1 is 1.24 bits per heavy atom. The van der Waals surface area contributed by atoms with Crippen LogP contribution < -0.4 is 4.74 Å². The van der Waals surface area contributed by atoms with E-state index in [1.165, 1.54) is 24.2 Å². The molecule has 0 bridgehead atoms. The summed E-state index contributed by atoms with van der Waals surface area (Å²) in [7, 11) is 2.54. The molecule has 21 heavy (non-hydrogen) atoms. The van der Waals surface area contributed by atoms with Crippen molar-refractivity contribution in [3.8, 4) is 11.4 Å². The number of nitrogens with zero attached hydrogens (tertiary/aromatic N) is 4. The van der Waals surface area contributed by atoms with Crippen LogP contribution >= 0.6 is 22.6 Å². The maximum Gasteiger partial charge on any atom is 0.379 e. The van der Waals surface area contributed by atoms with Gasteiger partial charge in [0.1, 0.15) is 12.1 Å². The summed E-state index contributed by atoms with van der Waals surface area (Å²) in [4.78, 5) is 25.1. The van der Waals surface area contributed by atoms with Gasteiger partial charge >= 0.3 is 5.97 Å². The Labute approximate surface area is 134 Å². The lowest BCUT2D eigenvalue weighted by molar-refractivity contribution is -0.135. The molecule has 0 aliphatic heterocycles. The number of benzene rings is 1. The summed E-state index contributed by atoms with van der Waals surface area (Å²) in [5, 5.41) is 10.7. The van der Waals surface area contributed by atoms with E-state index >= 15 is 0 Å². The summed E-state index contributed by atoms with van der Waals surface area (Å²) in [6.45, 7) is 0. The highest BCUT2D eigenvalue weighted by molar-refractivity contribution is 14.1. The van der Waals surface area contributed by atoms with Gasteiger partial charge in [-0.25, -0.2) is 9.48 Å². The van der Waals surface area contributed by atoms with E-state index in [0.29, 0.717) is 5.69 Å². The summed E-state index contributed by atoms with van der Waals surface area (Å²) in [6.07, 6.45) is 1.37. The van der Waals surface area contributed by atoms with Gasteiger partial charge in [-0.3, -0.25) is 4.79 Å². The zero-order valence-corrected chi connectivity index (χ0v) is 13.8. The standard InChI is InChI=1S/C11H10N4O4.CH3I/c1-18-9-4-3-7(15-6-12-13-14-15)5-8(9)10(16)11(17)19-2;1-2/h3-6H,1-2H3;1H3. The number of rotatable bonds is 4. The number of ketones is 1. The molecule has 0 saturated carbocycles. The Kier molecular flexibility index (Phi) is 6.72. The van der Waals surface area contributed by atoms with E-state index in [1.807, 2.05) is 4.93 Å². The Bertz CT molecular complexity index is 616. The molecule has 1 aromatic carbocycles. The van der Waals surface area contributed by atoms with Crippen molar-refractivity contribution < 1.29 is 19.1 Å². The summed E-state index contributed by atoms with van der Waals surface area (Å²) >= 11 is 2.15. The van der Waals surface area contributed by atoms with Gasteiger partial charge in [0.25, 0.3) is 5.78 Å². The number of Topliss-reactive ketones (excluding diaryl/α,β-unsaturated/α-hetero) is 1. The molecule has 0 N–H and O–H groups in total. The van der Waals surface area contributed by atoms with Gasteiger partial charge in [-0.15, -0.1) is 5.10 Å². The van der Waals surface area contributed by atoms with E-state index in [4.69, 9.17) is 4.74 Å². The predicted octanol–water partition coefficient (Wildman–Crippen LogP) is 1.08. The van der Waals surface area contributed by atoms with Gasteiger partial charge in [0.2, 0.25) is 0 Å². The van der Waals surface area contributed by atoms with E-state index in [9.17, 15) is 9.59 Å². The molecular formula is C12H13IN4O4. The van der Waals surface area contributed by atoms with Gasteiger partial charge in [-0.05, 0) is 33.6 Å². The molecule has 0 atom stereocenters. The Morgan fingerprint density at radius 3 is 2.48 bits per heavy atom. The Balaban J connectivity index is 0.00000106. The van der Waals surface area contributed by atoms with Gasteiger partial charge in [-0.1, -0.05) is 22.6 Å². The van der Waals surface area contributed by atoms with Crippen molar-refractivity contribution in [2.75, 3.05) is 19.2 Å². The maximum atomic E-state index is 11.9. The molecule has 1 aromatic heterocycles. The number of carbonyl (C=O) groups excluding carboxylic acids is 2. The first-order chi connectivity index (χ1) is 10.2. The van der Waals surface area contributed by atoms with Crippen molar-refractivity contribution in [3.63, 3.8) is 0 Å². The Morgan fingerprint density at radius 2 is 1.95 bits per heavy atom. The first-order valence-electron chi connectivity index (χ1n) is 5.59. The first-order valence-corrected chi connectivity index (χ1v) is 7.75. The molecule has 8 nitrogen and oxygen atoms in total. The highest BCUT2D eigenvalue weighted by atomic mass is 127. The van der Waals surface area contributed by atoms with E-state index in [0.717, 1.165) is 7.11 Å². The number of esters is 1. The van der Waals surface area contributed by atoms with Crippen LogP contribution in [0.15, 0.2) is 24.5 Å². The van der Waals surface area contributed by atoms with Crippen LogP contribution in [-0.2, 0) is 9.53 Å². The molecule has 0 unspecified atom stereocenters. The third-order valence-corrected chi connectivity index (χ3v) is 2.41. The van der Waals surface area contributed by atoms with Crippen molar-refractivity contribution in [2.45, 2.75) is 0 Å². The lowest BCUT2D eigenvalue weighted by atomic mass is 10.1. The number of hydrogen-bond donors (Lipinski definition) is 0. The molecule has 2 aromatic rings. The van der Waals surface area contributed by atoms with E-state index in [-0.39, 0.29) is 11.3 Å². The number of tetrazole rings is 1. The number of methoxy groups -OCH3 is 2. The van der Waals surface area contributed by atoms with Crippen molar-refractivity contribution in [1.29, 1.82) is 0 Å². The quantitative estimate of drug-likeness (QED) is 0.247. The SMILES string of the molecule is CI.COC(=O)C(=O)c1cc(-n2cnnn2)ccc1OC. The van der Waals surface area contributed by atoms with Gasteiger partial charge in [0, 0.05) is 0 Å². The largest absolute Gasteiger partial charge is 0.496 e. The molecule has 0 aliphatic rings. The number of halogens is 1. The smallest absolute Gasteiger partial charge is 0.379 e. The fraction of sp³-hybridized carbons (Fsp3) is 0.250. The molecular weight excluding hydrogens is 391 g/mol. The van der Waals surface area contributed by atoms with Gasteiger partial charge in [0.15, 0.2) is 0 Å².